The van der Waals surface area contributed by atoms with Crippen molar-refractivity contribution in [3.8, 4) is 5.88 Å². The molecule has 0 fully saturated rings. The first-order valence-corrected chi connectivity index (χ1v) is 6.01. The number of imidazole rings is 1. The summed E-state index contributed by atoms with van der Waals surface area (Å²) in [6, 6.07) is 8.99. The molecule has 0 bridgehead atoms. The second-order valence-corrected chi connectivity index (χ2v) is 4.14. The topological polar surface area (TPSA) is 68.5 Å². The van der Waals surface area contributed by atoms with Crippen LogP contribution >= 0.6 is 0 Å². The van der Waals surface area contributed by atoms with Crippen LogP contribution < -0.4 is 10.1 Å². The molecule has 0 saturated heterocycles. The molecule has 3 heterocycles. The number of carbonyl (C=O) groups is 1. The molecule has 3 aromatic heterocycles. The highest BCUT2D eigenvalue weighted by Crippen LogP contribution is 2.12. The van der Waals surface area contributed by atoms with Gasteiger partial charge in [-0.1, -0.05) is 6.07 Å². The number of fused-ring (bicyclic) bond motifs is 1. The predicted molar refractivity (Wildman–Crippen MR) is 73.9 cm³/mol. The maximum Gasteiger partial charge on any atom is 0.275 e. The number of rotatable bonds is 3. The van der Waals surface area contributed by atoms with E-state index in [1.807, 2.05) is 24.4 Å². The summed E-state index contributed by atoms with van der Waals surface area (Å²) in [7, 11) is 1.54. The molecule has 6 nitrogen and oxygen atoms in total. The summed E-state index contributed by atoms with van der Waals surface area (Å²) in [4.78, 5) is 20.4. The van der Waals surface area contributed by atoms with E-state index in [0.717, 1.165) is 5.65 Å². The van der Waals surface area contributed by atoms with Crippen molar-refractivity contribution in [3.63, 3.8) is 0 Å². The van der Waals surface area contributed by atoms with Crippen LogP contribution in [0.25, 0.3) is 5.65 Å². The summed E-state index contributed by atoms with van der Waals surface area (Å²) < 4.78 is 6.75. The van der Waals surface area contributed by atoms with Crippen LogP contribution in [0.1, 0.15) is 10.5 Å². The molecule has 1 amide bonds. The van der Waals surface area contributed by atoms with Gasteiger partial charge in [0.2, 0.25) is 5.88 Å². The third kappa shape index (κ3) is 2.31. The van der Waals surface area contributed by atoms with Crippen molar-refractivity contribution in [1.82, 2.24) is 14.4 Å². The minimum atomic E-state index is -0.277. The van der Waals surface area contributed by atoms with Gasteiger partial charge in [-0.15, -0.1) is 0 Å². The minimum absolute atomic E-state index is 0.277. The Balaban J connectivity index is 1.81. The van der Waals surface area contributed by atoms with Gasteiger partial charge in [-0.2, -0.15) is 0 Å². The fourth-order valence-electron chi connectivity index (χ4n) is 1.81. The predicted octanol–water partition coefficient (Wildman–Crippen LogP) is 1.99. The first kappa shape index (κ1) is 12.2. The molecular weight excluding hydrogens is 256 g/mol. The monoisotopic (exact) mass is 268 g/mol. The molecule has 0 saturated carbocycles. The van der Waals surface area contributed by atoms with Crippen molar-refractivity contribution in [2.24, 2.45) is 0 Å². The number of nitrogens with zero attached hydrogens (tertiary/aromatic N) is 3. The number of hydrogen-bond acceptors (Lipinski definition) is 4. The van der Waals surface area contributed by atoms with Crippen LogP contribution in [-0.4, -0.2) is 27.4 Å². The fourth-order valence-corrected chi connectivity index (χ4v) is 1.81. The van der Waals surface area contributed by atoms with Gasteiger partial charge < -0.3 is 14.5 Å². The lowest BCUT2D eigenvalue weighted by molar-refractivity contribution is 0.102. The Morgan fingerprint density at radius 3 is 2.90 bits per heavy atom. The molecular formula is C14H12N4O2. The van der Waals surface area contributed by atoms with E-state index in [9.17, 15) is 4.79 Å². The van der Waals surface area contributed by atoms with E-state index in [0.29, 0.717) is 17.3 Å². The van der Waals surface area contributed by atoms with Gasteiger partial charge >= 0.3 is 0 Å². The number of hydrogen-bond donors (Lipinski definition) is 1. The van der Waals surface area contributed by atoms with Crippen LogP contribution in [0.4, 0.5) is 5.69 Å². The summed E-state index contributed by atoms with van der Waals surface area (Å²) >= 11 is 0. The maximum absolute atomic E-state index is 12.1. The minimum Gasteiger partial charge on any atom is -0.481 e. The number of anilines is 1. The molecule has 0 spiro atoms. The number of nitrogens with one attached hydrogen (secondary N) is 1. The van der Waals surface area contributed by atoms with Crippen molar-refractivity contribution >= 4 is 17.2 Å². The van der Waals surface area contributed by atoms with Crippen molar-refractivity contribution < 1.29 is 9.53 Å². The van der Waals surface area contributed by atoms with Crippen molar-refractivity contribution in [3.05, 3.63) is 54.6 Å². The molecule has 0 aliphatic heterocycles. The number of methoxy groups -OCH3 is 1. The molecule has 100 valence electrons. The van der Waals surface area contributed by atoms with Gasteiger partial charge in [0.05, 0.1) is 19.0 Å². The summed E-state index contributed by atoms with van der Waals surface area (Å²) in [5.41, 5.74) is 1.67. The highest BCUT2D eigenvalue weighted by molar-refractivity contribution is 6.03. The largest absolute Gasteiger partial charge is 0.481 e. The van der Waals surface area contributed by atoms with Gasteiger partial charge in [-0.05, 0) is 18.2 Å². The van der Waals surface area contributed by atoms with E-state index < -0.39 is 0 Å². The van der Waals surface area contributed by atoms with Crippen LogP contribution in [0.5, 0.6) is 5.88 Å². The van der Waals surface area contributed by atoms with Gasteiger partial charge in [0.25, 0.3) is 5.91 Å². The van der Waals surface area contributed by atoms with Crippen LogP contribution in [0.3, 0.4) is 0 Å². The SMILES string of the molecule is COc1ccc(NC(=O)c2cn3ccccc3n2)cn1. The molecule has 3 aromatic rings. The number of aromatic nitrogens is 3. The van der Waals surface area contributed by atoms with E-state index in [2.05, 4.69) is 15.3 Å². The summed E-state index contributed by atoms with van der Waals surface area (Å²) in [6.45, 7) is 0. The molecule has 0 radical (unpaired) electrons. The molecule has 6 heteroatoms. The van der Waals surface area contributed by atoms with Crippen molar-refractivity contribution in [1.29, 1.82) is 0 Å². The Kier molecular flexibility index (Phi) is 3.04. The van der Waals surface area contributed by atoms with Gasteiger partial charge in [0.1, 0.15) is 11.3 Å². The van der Waals surface area contributed by atoms with Gasteiger partial charge in [0, 0.05) is 18.5 Å². The van der Waals surface area contributed by atoms with E-state index in [1.54, 1.807) is 22.7 Å². The normalized spacial score (nSPS) is 10.4. The maximum atomic E-state index is 12.1. The molecule has 20 heavy (non-hydrogen) atoms. The average molecular weight is 268 g/mol. The number of carbonyl (C=O) groups excluding carboxylic acids is 1. The lowest BCUT2D eigenvalue weighted by atomic mass is 10.3. The van der Waals surface area contributed by atoms with E-state index >= 15 is 0 Å². The van der Waals surface area contributed by atoms with Gasteiger partial charge in [-0.25, -0.2) is 9.97 Å². The highest BCUT2D eigenvalue weighted by atomic mass is 16.5. The van der Waals surface area contributed by atoms with E-state index in [4.69, 9.17) is 4.74 Å². The smallest absolute Gasteiger partial charge is 0.275 e. The Morgan fingerprint density at radius 1 is 1.30 bits per heavy atom. The van der Waals surface area contributed by atoms with E-state index in [-0.39, 0.29) is 5.91 Å². The standard InChI is InChI=1S/C14H12N4O2/c1-20-13-6-5-10(8-15-13)16-14(19)11-9-18-7-3-2-4-12(18)17-11/h2-9H,1H3,(H,16,19). The zero-order chi connectivity index (χ0) is 13.9. The molecule has 3 rings (SSSR count). The Hall–Kier alpha value is -2.89. The second-order valence-electron chi connectivity index (χ2n) is 4.14. The fraction of sp³-hybridized carbons (Fsp3) is 0.0714. The van der Waals surface area contributed by atoms with Gasteiger partial charge in [0.15, 0.2) is 0 Å². The zero-order valence-corrected chi connectivity index (χ0v) is 10.8. The third-order valence-electron chi connectivity index (χ3n) is 2.80. The van der Waals surface area contributed by atoms with E-state index in [1.165, 1.54) is 13.3 Å². The Labute approximate surface area is 115 Å². The molecule has 1 N–H and O–H groups in total. The third-order valence-corrected chi connectivity index (χ3v) is 2.80. The summed E-state index contributed by atoms with van der Waals surface area (Å²) in [5.74, 6) is 0.219. The Morgan fingerprint density at radius 2 is 2.20 bits per heavy atom. The Bertz CT molecular complexity index is 716. The molecule has 0 aromatic carbocycles. The quantitative estimate of drug-likeness (QED) is 0.788. The first-order chi connectivity index (χ1) is 9.76. The lowest BCUT2D eigenvalue weighted by Gasteiger charge is -2.03. The van der Waals surface area contributed by atoms with Crippen molar-refractivity contribution in [2.75, 3.05) is 12.4 Å². The first-order valence-electron chi connectivity index (χ1n) is 6.01. The molecule has 0 aliphatic rings. The van der Waals surface area contributed by atoms with Crippen molar-refractivity contribution in [2.45, 2.75) is 0 Å². The summed E-state index contributed by atoms with van der Waals surface area (Å²) in [5, 5.41) is 2.74. The molecule has 0 unspecified atom stereocenters. The van der Waals surface area contributed by atoms with Crippen LogP contribution in [0, 0.1) is 0 Å². The summed E-state index contributed by atoms with van der Waals surface area (Å²) in [6.07, 6.45) is 5.06. The second kappa shape index (κ2) is 5.00. The van der Waals surface area contributed by atoms with Crippen LogP contribution in [0.2, 0.25) is 0 Å². The number of pyridine rings is 2. The lowest BCUT2D eigenvalue weighted by Crippen LogP contribution is -2.12. The molecule has 0 atom stereocenters. The van der Waals surface area contributed by atoms with Crippen LogP contribution in [0.15, 0.2) is 48.9 Å². The number of ether oxygens (including phenoxy) is 1. The average Bonchev–Trinajstić information content (AvgIpc) is 2.92. The van der Waals surface area contributed by atoms with Crippen LogP contribution in [-0.2, 0) is 0 Å². The molecule has 0 aliphatic carbocycles. The van der Waals surface area contributed by atoms with Gasteiger partial charge in [-0.3, -0.25) is 4.79 Å². The highest BCUT2D eigenvalue weighted by Gasteiger charge is 2.10. The number of amides is 1. The zero-order valence-electron chi connectivity index (χ0n) is 10.8.